The van der Waals surface area contributed by atoms with Crippen LogP contribution in [0.2, 0.25) is 0 Å². The molecule has 2 nitrogen and oxygen atoms in total. The third-order valence-electron chi connectivity index (χ3n) is 3.20. The van der Waals surface area contributed by atoms with E-state index in [2.05, 4.69) is 4.90 Å². The molecule has 0 bridgehead atoms. The Bertz CT molecular complexity index is 425. The van der Waals surface area contributed by atoms with Crippen LogP contribution in [0.3, 0.4) is 0 Å². The van der Waals surface area contributed by atoms with E-state index < -0.39 is 12.6 Å². The molecule has 1 saturated heterocycles. The smallest absolute Gasteiger partial charge is 0.392 e. The van der Waals surface area contributed by atoms with Gasteiger partial charge in [-0.1, -0.05) is 6.07 Å². The summed E-state index contributed by atoms with van der Waals surface area (Å²) in [5, 5.41) is 0. The van der Waals surface area contributed by atoms with Crippen molar-refractivity contribution in [2.24, 2.45) is 0 Å². The Balaban J connectivity index is 2.06. The van der Waals surface area contributed by atoms with E-state index >= 15 is 0 Å². The van der Waals surface area contributed by atoms with Crippen LogP contribution in [0.25, 0.3) is 0 Å². The molecule has 1 aromatic carbocycles. The summed E-state index contributed by atoms with van der Waals surface area (Å²) >= 11 is 0. The molecule has 0 radical (unpaired) electrons. The maximum atomic E-state index is 12.1. The highest BCUT2D eigenvalue weighted by Crippen LogP contribution is 2.32. The Hall–Kier alpha value is -1.39. The third kappa shape index (κ3) is 4.04. The largest absolute Gasteiger partial charge is 0.491 e. The predicted octanol–water partition coefficient (Wildman–Crippen LogP) is 3.93. The standard InChI is InChI=1S/C14H18F3NO/c1-11-4-5-13(19-9-6-14(15,16)17)12(10-11)18-7-2-3-8-18/h4-5,10H,2-3,6-9H2,1H3. The van der Waals surface area contributed by atoms with Crippen LogP contribution in [0.4, 0.5) is 18.9 Å². The number of nitrogens with zero attached hydrogens (tertiary/aromatic N) is 1. The molecule has 1 aliphatic heterocycles. The van der Waals surface area contributed by atoms with Crippen LogP contribution >= 0.6 is 0 Å². The molecule has 0 atom stereocenters. The van der Waals surface area contributed by atoms with E-state index in [1.807, 2.05) is 19.1 Å². The molecule has 106 valence electrons. The summed E-state index contributed by atoms with van der Waals surface area (Å²) in [5.74, 6) is 0.553. The molecular formula is C14H18F3NO. The zero-order chi connectivity index (χ0) is 13.9. The molecular weight excluding hydrogens is 255 g/mol. The Morgan fingerprint density at radius 2 is 1.89 bits per heavy atom. The molecule has 5 heteroatoms. The first-order valence-electron chi connectivity index (χ1n) is 6.51. The summed E-state index contributed by atoms with van der Waals surface area (Å²) in [7, 11) is 0. The Labute approximate surface area is 111 Å². The fourth-order valence-corrected chi connectivity index (χ4v) is 2.23. The Morgan fingerprint density at radius 3 is 2.53 bits per heavy atom. The number of alkyl halides is 3. The molecule has 1 fully saturated rings. The second-order valence-electron chi connectivity index (χ2n) is 4.88. The van der Waals surface area contributed by atoms with E-state index in [1.165, 1.54) is 0 Å². The van der Waals surface area contributed by atoms with Gasteiger partial charge in [0.1, 0.15) is 5.75 Å². The van der Waals surface area contributed by atoms with E-state index in [0.29, 0.717) is 5.75 Å². The average Bonchev–Trinajstić information content (AvgIpc) is 2.83. The molecule has 0 unspecified atom stereocenters. The number of hydrogen-bond acceptors (Lipinski definition) is 2. The highest BCUT2D eigenvalue weighted by molar-refractivity contribution is 5.60. The van der Waals surface area contributed by atoms with Gasteiger partial charge in [0.05, 0.1) is 18.7 Å². The lowest BCUT2D eigenvalue weighted by Gasteiger charge is -2.22. The normalized spacial score (nSPS) is 15.9. The van der Waals surface area contributed by atoms with Gasteiger partial charge in [-0.05, 0) is 37.5 Å². The first-order valence-corrected chi connectivity index (χ1v) is 6.51. The fraction of sp³-hybridized carbons (Fsp3) is 0.571. The van der Waals surface area contributed by atoms with Crippen molar-refractivity contribution in [2.45, 2.75) is 32.4 Å². The van der Waals surface area contributed by atoms with E-state index in [0.717, 1.165) is 37.2 Å². The SMILES string of the molecule is Cc1ccc(OCCC(F)(F)F)c(N2CCCC2)c1. The van der Waals surface area contributed by atoms with Crippen molar-refractivity contribution in [1.82, 2.24) is 0 Å². The van der Waals surface area contributed by atoms with Gasteiger partial charge in [-0.15, -0.1) is 0 Å². The lowest BCUT2D eigenvalue weighted by Crippen LogP contribution is -2.19. The van der Waals surface area contributed by atoms with Gasteiger partial charge in [-0.25, -0.2) is 0 Å². The van der Waals surface area contributed by atoms with Crippen LogP contribution in [0, 0.1) is 6.92 Å². The van der Waals surface area contributed by atoms with E-state index in [1.54, 1.807) is 6.07 Å². The van der Waals surface area contributed by atoms with Crippen LogP contribution in [-0.2, 0) is 0 Å². The lowest BCUT2D eigenvalue weighted by molar-refractivity contribution is -0.139. The highest BCUT2D eigenvalue weighted by atomic mass is 19.4. The lowest BCUT2D eigenvalue weighted by atomic mass is 10.2. The van der Waals surface area contributed by atoms with Crippen LogP contribution in [0.15, 0.2) is 18.2 Å². The number of halogens is 3. The number of hydrogen-bond donors (Lipinski definition) is 0. The summed E-state index contributed by atoms with van der Waals surface area (Å²) in [6.07, 6.45) is -2.84. The van der Waals surface area contributed by atoms with Crippen molar-refractivity contribution >= 4 is 5.69 Å². The molecule has 19 heavy (non-hydrogen) atoms. The minimum atomic E-state index is -4.17. The first-order chi connectivity index (χ1) is 8.96. The first kappa shape index (κ1) is 14.0. The van der Waals surface area contributed by atoms with Gasteiger partial charge in [-0.3, -0.25) is 0 Å². The van der Waals surface area contributed by atoms with Gasteiger partial charge in [0, 0.05) is 13.1 Å². The van der Waals surface area contributed by atoms with Gasteiger partial charge in [0.15, 0.2) is 0 Å². The van der Waals surface area contributed by atoms with Gasteiger partial charge >= 0.3 is 6.18 Å². The maximum Gasteiger partial charge on any atom is 0.392 e. The number of benzene rings is 1. The van der Waals surface area contributed by atoms with Gasteiger partial charge in [0.2, 0.25) is 0 Å². The molecule has 0 amide bonds. The summed E-state index contributed by atoms with van der Waals surface area (Å²) in [6, 6.07) is 5.61. The average molecular weight is 273 g/mol. The van der Waals surface area contributed by atoms with E-state index in [4.69, 9.17) is 4.74 Å². The van der Waals surface area contributed by atoms with Crippen molar-refractivity contribution < 1.29 is 17.9 Å². The second-order valence-corrected chi connectivity index (χ2v) is 4.88. The topological polar surface area (TPSA) is 12.5 Å². The van der Waals surface area contributed by atoms with Crippen molar-refractivity contribution in [3.05, 3.63) is 23.8 Å². The zero-order valence-electron chi connectivity index (χ0n) is 11.0. The minimum Gasteiger partial charge on any atom is -0.491 e. The van der Waals surface area contributed by atoms with Crippen molar-refractivity contribution in [3.63, 3.8) is 0 Å². The molecule has 0 saturated carbocycles. The van der Waals surface area contributed by atoms with Gasteiger partial charge < -0.3 is 9.64 Å². The monoisotopic (exact) mass is 273 g/mol. The molecule has 0 aliphatic carbocycles. The molecule has 1 aliphatic rings. The van der Waals surface area contributed by atoms with Crippen molar-refractivity contribution in [3.8, 4) is 5.75 Å². The van der Waals surface area contributed by atoms with Gasteiger partial charge in [-0.2, -0.15) is 13.2 Å². The molecule has 1 aromatic rings. The quantitative estimate of drug-likeness (QED) is 0.824. The van der Waals surface area contributed by atoms with Crippen molar-refractivity contribution in [2.75, 3.05) is 24.6 Å². The summed E-state index contributed by atoms with van der Waals surface area (Å²) in [6.45, 7) is 3.53. The van der Waals surface area contributed by atoms with Crippen LogP contribution in [-0.4, -0.2) is 25.9 Å². The molecule has 0 N–H and O–H groups in total. The van der Waals surface area contributed by atoms with Crippen LogP contribution in [0.5, 0.6) is 5.75 Å². The summed E-state index contributed by atoms with van der Waals surface area (Å²) in [5.41, 5.74) is 2.00. The summed E-state index contributed by atoms with van der Waals surface area (Å²) < 4.78 is 41.7. The molecule has 1 heterocycles. The fourth-order valence-electron chi connectivity index (χ4n) is 2.23. The number of rotatable bonds is 4. The predicted molar refractivity (Wildman–Crippen MR) is 68.8 cm³/mol. The van der Waals surface area contributed by atoms with Gasteiger partial charge in [0.25, 0.3) is 0 Å². The Morgan fingerprint density at radius 1 is 1.21 bits per heavy atom. The molecule has 2 rings (SSSR count). The van der Waals surface area contributed by atoms with Crippen molar-refractivity contribution in [1.29, 1.82) is 0 Å². The summed E-state index contributed by atoms with van der Waals surface area (Å²) in [4.78, 5) is 2.18. The van der Waals surface area contributed by atoms with Crippen LogP contribution in [0.1, 0.15) is 24.8 Å². The molecule has 0 aromatic heterocycles. The maximum absolute atomic E-state index is 12.1. The highest BCUT2D eigenvalue weighted by Gasteiger charge is 2.27. The number of aryl methyl sites for hydroxylation is 1. The van der Waals surface area contributed by atoms with E-state index in [-0.39, 0.29) is 6.61 Å². The number of ether oxygens (including phenoxy) is 1. The minimum absolute atomic E-state index is 0.326. The second kappa shape index (κ2) is 5.72. The number of anilines is 1. The molecule has 0 spiro atoms. The Kier molecular flexibility index (Phi) is 4.22. The zero-order valence-corrected chi connectivity index (χ0v) is 11.0. The third-order valence-corrected chi connectivity index (χ3v) is 3.20. The van der Waals surface area contributed by atoms with Crippen LogP contribution < -0.4 is 9.64 Å². The van der Waals surface area contributed by atoms with E-state index in [9.17, 15) is 13.2 Å².